The molecule has 3 aromatic carbocycles. The fourth-order valence-electron chi connectivity index (χ4n) is 2.56. The highest BCUT2D eigenvalue weighted by molar-refractivity contribution is 6.08. The summed E-state index contributed by atoms with van der Waals surface area (Å²) < 4.78 is 78.9. The summed E-state index contributed by atoms with van der Waals surface area (Å²) in [6.45, 7) is 0. The molecule has 3 aromatic rings. The molecule has 0 aliphatic heterocycles. The molecule has 0 saturated heterocycles. The highest BCUT2D eigenvalue weighted by atomic mass is 19.4. The van der Waals surface area contributed by atoms with Crippen molar-refractivity contribution in [2.45, 2.75) is 12.5 Å². The standard InChI is InChI=1S/C22H14F6N2O3/c23-21(24,25)16-10-6-15(7-11-16)20(31)33-30-19(29-17-4-2-1-3-5-17)14-8-12-18(13-9-14)32-22(26,27)28/h1-13H,(H,29,30). The normalized spacial score (nSPS) is 12.2. The van der Waals surface area contributed by atoms with Gasteiger partial charge in [-0.2, -0.15) is 13.2 Å². The van der Waals surface area contributed by atoms with Crippen molar-refractivity contribution < 1.29 is 40.7 Å². The molecule has 0 radical (unpaired) electrons. The predicted octanol–water partition coefficient (Wildman–Crippen LogP) is 6.23. The second kappa shape index (κ2) is 9.63. The van der Waals surface area contributed by atoms with Crippen LogP contribution in [0.25, 0.3) is 0 Å². The fourth-order valence-corrected chi connectivity index (χ4v) is 2.56. The van der Waals surface area contributed by atoms with Crippen molar-refractivity contribution in [1.29, 1.82) is 0 Å². The number of rotatable bonds is 5. The van der Waals surface area contributed by atoms with Crippen LogP contribution >= 0.6 is 0 Å². The molecule has 1 N–H and O–H groups in total. The number of hydrogen-bond acceptors (Lipinski definition) is 4. The van der Waals surface area contributed by atoms with Gasteiger partial charge in [-0.1, -0.05) is 23.4 Å². The van der Waals surface area contributed by atoms with Crippen molar-refractivity contribution in [3.8, 4) is 5.75 Å². The highest BCUT2D eigenvalue weighted by Gasteiger charge is 2.31. The number of nitrogens with zero attached hydrogens (tertiary/aromatic N) is 1. The molecule has 0 saturated carbocycles. The lowest BCUT2D eigenvalue weighted by molar-refractivity contribution is -0.274. The molecular weight excluding hydrogens is 454 g/mol. The number of carbonyl (C=O) groups excluding carboxylic acids is 1. The first kappa shape index (κ1) is 23.6. The largest absolute Gasteiger partial charge is 0.573 e. The van der Waals surface area contributed by atoms with Crippen LogP contribution in [0.5, 0.6) is 5.75 Å². The van der Waals surface area contributed by atoms with Crippen molar-refractivity contribution in [3.05, 3.63) is 95.6 Å². The molecule has 3 rings (SSSR count). The van der Waals surface area contributed by atoms with Gasteiger partial charge in [0.15, 0.2) is 5.84 Å². The lowest BCUT2D eigenvalue weighted by atomic mass is 10.1. The molecule has 0 atom stereocenters. The SMILES string of the molecule is O=C(O/N=C(/Nc1ccccc1)c1ccc(OC(F)(F)F)cc1)c1ccc(C(F)(F)F)cc1. The Kier molecular flexibility index (Phi) is 6.90. The Balaban J connectivity index is 1.82. The summed E-state index contributed by atoms with van der Waals surface area (Å²) >= 11 is 0. The molecule has 0 aliphatic carbocycles. The van der Waals surface area contributed by atoms with Crippen LogP contribution in [0.1, 0.15) is 21.5 Å². The van der Waals surface area contributed by atoms with E-state index in [2.05, 4.69) is 15.2 Å². The molecule has 0 aliphatic rings. The maximum Gasteiger partial charge on any atom is 0.573 e. The van der Waals surface area contributed by atoms with Crippen LogP contribution in [0.2, 0.25) is 0 Å². The average Bonchev–Trinajstić information content (AvgIpc) is 2.76. The maximum absolute atomic E-state index is 12.7. The number of anilines is 1. The van der Waals surface area contributed by atoms with Gasteiger partial charge >= 0.3 is 18.5 Å². The summed E-state index contributed by atoms with van der Waals surface area (Å²) in [5, 5.41) is 6.57. The van der Waals surface area contributed by atoms with Gasteiger partial charge < -0.3 is 14.9 Å². The van der Waals surface area contributed by atoms with Gasteiger partial charge in [0.2, 0.25) is 0 Å². The van der Waals surface area contributed by atoms with E-state index in [9.17, 15) is 31.1 Å². The van der Waals surface area contributed by atoms with Crippen molar-refractivity contribution in [2.75, 3.05) is 5.32 Å². The molecular formula is C22H14F6N2O3. The number of carbonyl (C=O) groups is 1. The minimum absolute atomic E-state index is 0.0416. The molecule has 0 spiro atoms. The van der Waals surface area contributed by atoms with Crippen molar-refractivity contribution in [2.24, 2.45) is 5.16 Å². The highest BCUT2D eigenvalue weighted by Crippen LogP contribution is 2.29. The molecule has 0 amide bonds. The van der Waals surface area contributed by atoms with E-state index in [0.717, 1.165) is 36.4 Å². The van der Waals surface area contributed by atoms with E-state index >= 15 is 0 Å². The van der Waals surface area contributed by atoms with Gasteiger partial charge in [0, 0.05) is 11.3 Å². The first-order valence-corrected chi connectivity index (χ1v) is 9.16. The molecule has 0 unspecified atom stereocenters. The molecule has 5 nitrogen and oxygen atoms in total. The Hall–Kier alpha value is -4.02. The Morgan fingerprint density at radius 2 is 1.33 bits per heavy atom. The van der Waals surface area contributed by atoms with Crippen LogP contribution in [-0.2, 0) is 11.0 Å². The van der Waals surface area contributed by atoms with Crippen LogP contribution in [0, 0.1) is 0 Å². The number of halogens is 6. The van der Waals surface area contributed by atoms with Crippen molar-refractivity contribution >= 4 is 17.5 Å². The molecule has 0 aromatic heterocycles. The topological polar surface area (TPSA) is 59.9 Å². The first-order valence-electron chi connectivity index (χ1n) is 9.16. The van der Waals surface area contributed by atoms with E-state index in [1.165, 1.54) is 12.1 Å². The average molecular weight is 468 g/mol. The quantitative estimate of drug-likeness (QED) is 0.159. The zero-order chi connectivity index (χ0) is 24.1. The molecule has 0 bridgehead atoms. The number of para-hydroxylation sites is 1. The first-order chi connectivity index (χ1) is 15.5. The second-order valence-electron chi connectivity index (χ2n) is 6.46. The Labute approximate surface area is 183 Å². The smallest absolute Gasteiger partial charge is 0.406 e. The van der Waals surface area contributed by atoms with Gasteiger partial charge in [0.05, 0.1) is 11.1 Å². The number of nitrogens with one attached hydrogen (secondary N) is 1. The molecule has 0 fully saturated rings. The predicted molar refractivity (Wildman–Crippen MR) is 107 cm³/mol. The lowest BCUT2D eigenvalue weighted by Gasteiger charge is -2.12. The van der Waals surface area contributed by atoms with Gasteiger partial charge in [-0.25, -0.2) is 4.79 Å². The summed E-state index contributed by atoms with van der Waals surface area (Å²) in [6.07, 6.45) is -9.42. The Morgan fingerprint density at radius 1 is 0.758 bits per heavy atom. The van der Waals surface area contributed by atoms with Crippen LogP contribution in [-0.4, -0.2) is 18.2 Å². The summed E-state index contributed by atoms with van der Waals surface area (Å²) in [7, 11) is 0. The van der Waals surface area contributed by atoms with E-state index in [-0.39, 0.29) is 17.0 Å². The second-order valence-corrected chi connectivity index (χ2v) is 6.46. The fraction of sp³-hybridized carbons (Fsp3) is 0.0909. The van der Waals surface area contributed by atoms with Crippen LogP contribution < -0.4 is 10.1 Å². The van der Waals surface area contributed by atoms with Gasteiger partial charge in [0.1, 0.15) is 5.75 Å². The summed E-state index contributed by atoms with van der Waals surface area (Å²) in [4.78, 5) is 17.1. The molecule has 11 heteroatoms. The molecule has 172 valence electrons. The zero-order valence-corrected chi connectivity index (χ0v) is 16.4. The van der Waals surface area contributed by atoms with Crippen molar-refractivity contribution in [1.82, 2.24) is 0 Å². The number of hydrogen-bond donors (Lipinski definition) is 1. The minimum Gasteiger partial charge on any atom is -0.406 e. The van der Waals surface area contributed by atoms with E-state index in [1.807, 2.05) is 0 Å². The third-order valence-corrected chi connectivity index (χ3v) is 4.07. The number of ether oxygens (including phenoxy) is 1. The number of oxime groups is 1. The van der Waals surface area contributed by atoms with Gasteiger partial charge in [-0.3, -0.25) is 0 Å². The van der Waals surface area contributed by atoms with E-state index in [4.69, 9.17) is 4.84 Å². The van der Waals surface area contributed by atoms with Crippen molar-refractivity contribution in [3.63, 3.8) is 0 Å². The third kappa shape index (κ3) is 6.99. The van der Waals surface area contributed by atoms with E-state index in [0.29, 0.717) is 5.69 Å². The lowest BCUT2D eigenvalue weighted by Crippen LogP contribution is -2.18. The maximum atomic E-state index is 12.7. The van der Waals surface area contributed by atoms with E-state index in [1.54, 1.807) is 30.3 Å². The zero-order valence-electron chi connectivity index (χ0n) is 16.4. The van der Waals surface area contributed by atoms with Crippen LogP contribution in [0.4, 0.5) is 32.0 Å². The number of alkyl halides is 6. The monoisotopic (exact) mass is 468 g/mol. The van der Waals surface area contributed by atoms with Gasteiger partial charge in [-0.05, 0) is 60.7 Å². The number of amidine groups is 1. The number of benzene rings is 3. The van der Waals surface area contributed by atoms with E-state index < -0.39 is 29.8 Å². The summed E-state index contributed by atoms with van der Waals surface area (Å²) in [5.74, 6) is -1.54. The third-order valence-electron chi connectivity index (χ3n) is 4.07. The van der Waals surface area contributed by atoms with Gasteiger partial charge in [0.25, 0.3) is 0 Å². The Bertz CT molecular complexity index is 1110. The molecule has 0 heterocycles. The Morgan fingerprint density at radius 3 is 1.88 bits per heavy atom. The summed E-state index contributed by atoms with van der Waals surface area (Å²) in [5.41, 5.74) is -0.346. The summed E-state index contributed by atoms with van der Waals surface area (Å²) in [6, 6.07) is 16.4. The minimum atomic E-state index is -4.86. The molecule has 33 heavy (non-hydrogen) atoms. The van der Waals surface area contributed by atoms with Crippen LogP contribution in [0.15, 0.2) is 84.0 Å². The van der Waals surface area contributed by atoms with Crippen LogP contribution in [0.3, 0.4) is 0 Å². The van der Waals surface area contributed by atoms with Gasteiger partial charge in [-0.15, -0.1) is 13.2 Å².